The first-order valence-corrected chi connectivity index (χ1v) is 6.90. The average Bonchev–Trinajstić information content (AvgIpc) is 2.77. The van der Waals surface area contributed by atoms with Crippen molar-refractivity contribution < 1.29 is 0 Å². The molecule has 92 valence electrons. The number of nitrogens with two attached hydrogens (primary N) is 1. The van der Waals surface area contributed by atoms with Crippen molar-refractivity contribution in [3.05, 3.63) is 11.5 Å². The molecule has 0 saturated heterocycles. The Labute approximate surface area is 109 Å². The van der Waals surface area contributed by atoms with Crippen LogP contribution in [0.3, 0.4) is 0 Å². The maximum atomic E-state index is 6.05. The standard InChI is InChI=1S/C10H15N5S2/c1-5(2)15-9(8(11)6(3)13-15)16-10-12-7(4)14-17-10/h5H,11H2,1-4H3. The number of aryl methyl sites for hydroxylation is 2. The largest absolute Gasteiger partial charge is 0.395 e. The third-order valence-electron chi connectivity index (χ3n) is 2.27. The van der Waals surface area contributed by atoms with Gasteiger partial charge in [-0.25, -0.2) is 4.98 Å². The highest BCUT2D eigenvalue weighted by molar-refractivity contribution is 8.01. The van der Waals surface area contributed by atoms with Gasteiger partial charge < -0.3 is 5.73 Å². The number of aromatic nitrogens is 4. The third kappa shape index (κ3) is 2.44. The predicted molar refractivity (Wildman–Crippen MR) is 70.5 cm³/mol. The minimum Gasteiger partial charge on any atom is -0.395 e. The summed E-state index contributed by atoms with van der Waals surface area (Å²) in [5, 5.41) is 5.39. The van der Waals surface area contributed by atoms with E-state index in [1.165, 1.54) is 23.3 Å². The molecule has 2 aromatic rings. The SMILES string of the molecule is Cc1nsc(Sc2c(N)c(C)nn2C(C)C)n1. The van der Waals surface area contributed by atoms with E-state index in [2.05, 4.69) is 28.3 Å². The first kappa shape index (κ1) is 12.4. The lowest BCUT2D eigenvalue weighted by Crippen LogP contribution is -2.04. The molecule has 2 rings (SSSR count). The van der Waals surface area contributed by atoms with Crippen LogP contribution in [-0.2, 0) is 0 Å². The van der Waals surface area contributed by atoms with Crippen molar-refractivity contribution in [1.82, 2.24) is 19.1 Å². The van der Waals surface area contributed by atoms with E-state index in [4.69, 9.17) is 5.73 Å². The minimum atomic E-state index is 0.280. The first-order chi connectivity index (χ1) is 7.99. The van der Waals surface area contributed by atoms with Crippen molar-refractivity contribution in [3.63, 3.8) is 0 Å². The molecule has 0 spiro atoms. The normalized spacial score (nSPS) is 11.4. The van der Waals surface area contributed by atoms with Gasteiger partial charge in [0.2, 0.25) is 0 Å². The van der Waals surface area contributed by atoms with Crippen LogP contribution in [0.15, 0.2) is 9.37 Å². The van der Waals surface area contributed by atoms with Gasteiger partial charge in [-0.3, -0.25) is 4.68 Å². The topological polar surface area (TPSA) is 69.6 Å². The summed E-state index contributed by atoms with van der Waals surface area (Å²) in [6.07, 6.45) is 0. The van der Waals surface area contributed by atoms with Crippen LogP contribution in [-0.4, -0.2) is 19.1 Å². The Balaban J connectivity index is 2.37. The number of anilines is 1. The molecule has 2 aromatic heterocycles. The second-order valence-corrected chi connectivity index (χ2v) is 6.04. The number of rotatable bonds is 3. The molecule has 5 nitrogen and oxygen atoms in total. The molecule has 0 unspecified atom stereocenters. The van der Waals surface area contributed by atoms with E-state index in [0.29, 0.717) is 0 Å². The smallest absolute Gasteiger partial charge is 0.176 e. The van der Waals surface area contributed by atoms with Crippen molar-refractivity contribution in [1.29, 1.82) is 0 Å². The second-order valence-electron chi connectivity index (χ2n) is 4.05. The predicted octanol–water partition coefficient (Wildman–Crippen LogP) is 2.67. The minimum absolute atomic E-state index is 0.280. The highest BCUT2D eigenvalue weighted by Crippen LogP contribution is 2.35. The van der Waals surface area contributed by atoms with Crippen molar-refractivity contribution in [3.8, 4) is 0 Å². The summed E-state index contributed by atoms with van der Waals surface area (Å²) in [5.74, 6) is 0.795. The molecule has 0 bridgehead atoms. The lowest BCUT2D eigenvalue weighted by Gasteiger charge is -2.09. The van der Waals surface area contributed by atoms with Crippen LogP contribution >= 0.6 is 23.3 Å². The molecule has 2 N–H and O–H groups in total. The van der Waals surface area contributed by atoms with Crippen LogP contribution in [0.25, 0.3) is 0 Å². The van der Waals surface area contributed by atoms with Crippen LogP contribution in [0.4, 0.5) is 5.69 Å². The van der Waals surface area contributed by atoms with E-state index in [1.807, 2.05) is 18.5 Å². The zero-order chi connectivity index (χ0) is 12.6. The van der Waals surface area contributed by atoms with Gasteiger partial charge in [-0.15, -0.1) is 0 Å². The number of hydrogen-bond acceptors (Lipinski definition) is 6. The summed E-state index contributed by atoms with van der Waals surface area (Å²) >= 11 is 2.92. The zero-order valence-corrected chi connectivity index (χ0v) is 11.9. The Morgan fingerprint density at radius 1 is 1.35 bits per heavy atom. The van der Waals surface area contributed by atoms with E-state index < -0.39 is 0 Å². The number of hydrogen-bond donors (Lipinski definition) is 1. The monoisotopic (exact) mass is 269 g/mol. The maximum Gasteiger partial charge on any atom is 0.176 e. The van der Waals surface area contributed by atoms with E-state index in [1.54, 1.807) is 0 Å². The summed E-state index contributed by atoms with van der Waals surface area (Å²) in [5.41, 5.74) is 7.64. The van der Waals surface area contributed by atoms with Crippen molar-refractivity contribution >= 4 is 29.0 Å². The van der Waals surface area contributed by atoms with E-state index >= 15 is 0 Å². The van der Waals surface area contributed by atoms with E-state index in [9.17, 15) is 0 Å². The molecule has 0 aliphatic heterocycles. The molecule has 2 heterocycles. The van der Waals surface area contributed by atoms with Gasteiger partial charge in [-0.2, -0.15) is 9.47 Å². The van der Waals surface area contributed by atoms with Gasteiger partial charge in [0.25, 0.3) is 0 Å². The van der Waals surface area contributed by atoms with Gasteiger partial charge >= 0.3 is 0 Å². The van der Waals surface area contributed by atoms with E-state index in [0.717, 1.165) is 26.6 Å². The fourth-order valence-electron chi connectivity index (χ4n) is 1.39. The lowest BCUT2D eigenvalue weighted by atomic mass is 10.4. The Hall–Kier alpha value is -1.08. The molecule has 17 heavy (non-hydrogen) atoms. The number of nitrogen functional groups attached to an aromatic ring is 1. The lowest BCUT2D eigenvalue weighted by molar-refractivity contribution is 0.491. The summed E-state index contributed by atoms with van der Waals surface area (Å²) < 4.78 is 7.00. The summed E-state index contributed by atoms with van der Waals surface area (Å²) in [7, 11) is 0. The van der Waals surface area contributed by atoms with Gasteiger partial charge in [0.15, 0.2) is 4.34 Å². The summed E-state index contributed by atoms with van der Waals surface area (Å²) in [4.78, 5) is 4.33. The summed E-state index contributed by atoms with van der Waals surface area (Å²) in [6, 6.07) is 0.280. The van der Waals surface area contributed by atoms with Gasteiger partial charge in [-0.1, -0.05) is 0 Å². The molecule has 0 radical (unpaired) electrons. The third-order valence-corrected chi connectivity index (χ3v) is 4.21. The molecule has 0 aromatic carbocycles. The van der Waals surface area contributed by atoms with Gasteiger partial charge in [0.05, 0.1) is 11.4 Å². The molecule has 0 aliphatic rings. The molecule has 0 fully saturated rings. The average molecular weight is 269 g/mol. The van der Waals surface area contributed by atoms with Crippen LogP contribution < -0.4 is 5.73 Å². The first-order valence-electron chi connectivity index (χ1n) is 5.31. The van der Waals surface area contributed by atoms with Crippen molar-refractivity contribution in [2.45, 2.75) is 43.1 Å². The Kier molecular flexibility index (Phi) is 3.39. The Morgan fingerprint density at radius 2 is 2.06 bits per heavy atom. The Morgan fingerprint density at radius 3 is 2.59 bits per heavy atom. The molecule has 0 aliphatic carbocycles. The quantitative estimate of drug-likeness (QED) is 0.927. The molecule has 0 amide bonds. The van der Waals surface area contributed by atoms with Crippen LogP contribution in [0.2, 0.25) is 0 Å². The Bertz CT molecular complexity index is 529. The van der Waals surface area contributed by atoms with E-state index in [-0.39, 0.29) is 6.04 Å². The second kappa shape index (κ2) is 4.66. The maximum absolute atomic E-state index is 6.05. The molecular formula is C10H15N5S2. The van der Waals surface area contributed by atoms with Gasteiger partial charge in [0, 0.05) is 6.04 Å². The van der Waals surface area contributed by atoms with Crippen molar-refractivity contribution in [2.24, 2.45) is 0 Å². The van der Waals surface area contributed by atoms with Gasteiger partial charge in [0.1, 0.15) is 10.9 Å². The summed E-state index contributed by atoms with van der Waals surface area (Å²) in [6.45, 7) is 7.97. The molecule has 0 atom stereocenters. The van der Waals surface area contributed by atoms with Crippen LogP contribution in [0.5, 0.6) is 0 Å². The fraction of sp³-hybridized carbons (Fsp3) is 0.500. The molecule has 7 heteroatoms. The number of nitrogens with zero attached hydrogens (tertiary/aromatic N) is 4. The highest BCUT2D eigenvalue weighted by atomic mass is 32.2. The highest BCUT2D eigenvalue weighted by Gasteiger charge is 2.17. The fourth-order valence-corrected chi connectivity index (χ4v) is 3.26. The van der Waals surface area contributed by atoms with Gasteiger partial charge in [-0.05, 0) is 51.0 Å². The van der Waals surface area contributed by atoms with Crippen LogP contribution in [0.1, 0.15) is 31.4 Å². The van der Waals surface area contributed by atoms with Crippen LogP contribution in [0, 0.1) is 13.8 Å². The zero-order valence-electron chi connectivity index (χ0n) is 10.3. The molecule has 0 saturated carbocycles. The molecular weight excluding hydrogens is 254 g/mol. The van der Waals surface area contributed by atoms with Crippen molar-refractivity contribution in [2.75, 3.05) is 5.73 Å².